The minimum absolute atomic E-state index is 0.136. The van der Waals surface area contributed by atoms with Crippen LogP contribution in [0.1, 0.15) is 19.4 Å². The molecule has 2 heterocycles. The van der Waals surface area contributed by atoms with Gasteiger partial charge in [-0.05, 0) is 55.8 Å². The monoisotopic (exact) mass is 435 g/mol. The van der Waals surface area contributed by atoms with Gasteiger partial charge in [0, 0.05) is 11.3 Å². The summed E-state index contributed by atoms with van der Waals surface area (Å²) >= 11 is 0. The number of fused-ring (bicyclic) bond motifs is 1. The van der Waals surface area contributed by atoms with E-state index in [-0.39, 0.29) is 17.2 Å². The summed E-state index contributed by atoms with van der Waals surface area (Å²) in [6.45, 7) is 3.29. The van der Waals surface area contributed by atoms with Crippen LogP contribution in [0.4, 0.5) is 5.69 Å². The van der Waals surface area contributed by atoms with Crippen molar-refractivity contribution in [2.24, 2.45) is 0 Å². The number of nitrogens with one attached hydrogen (secondary N) is 1. The van der Waals surface area contributed by atoms with Crippen molar-refractivity contribution in [2.45, 2.75) is 30.4 Å². The zero-order chi connectivity index (χ0) is 22.0. The SMILES string of the molecule is CC(C)S(=O)(=O)c1ccc(CC(=O)Nc2cccc(-c3ccc4nncn4n3)c2)cc1. The van der Waals surface area contributed by atoms with Crippen LogP contribution in [-0.2, 0) is 21.1 Å². The zero-order valence-corrected chi connectivity index (χ0v) is 17.9. The molecule has 0 bridgehead atoms. The molecule has 1 amide bonds. The maximum absolute atomic E-state index is 12.5. The Hall–Kier alpha value is -3.59. The molecule has 0 aliphatic heterocycles. The number of carbonyl (C=O) groups is 1. The van der Waals surface area contributed by atoms with Gasteiger partial charge in [-0.15, -0.1) is 10.2 Å². The average Bonchev–Trinajstić information content (AvgIpc) is 3.22. The van der Waals surface area contributed by atoms with Crippen LogP contribution in [0, 0.1) is 0 Å². The van der Waals surface area contributed by atoms with Crippen molar-refractivity contribution < 1.29 is 13.2 Å². The number of nitrogens with zero attached hydrogens (tertiary/aromatic N) is 4. The van der Waals surface area contributed by atoms with Crippen molar-refractivity contribution >= 4 is 27.1 Å². The van der Waals surface area contributed by atoms with Gasteiger partial charge in [-0.3, -0.25) is 4.79 Å². The van der Waals surface area contributed by atoms with Gasteiger partial charge < -0.3 is 5.32 Å². The normalized spacial score (nSPS) is 11.7. The third-order valence-corrected chi connectivity index (χ3v) is 7.01. The molecule has 0 spiro atoms. The Morgan fingerprint density at radius 3 is 2.58 bits per heavy atom. The molecule has 1 N–H and O–H groups in total. The molecule has 4 aromatic rings. The summed E-state index contributed by atoms with van der Waals surface area (Å²) in [5.74, 6) is -0.196. The molecule has 0 unspecified atom stereocenters. The molecule has 0 radical (unpaired) electrons. The quantitative estimate of drug-likeness (QED) is 0.499. The number of aromatic nitrogens is 4. The number of amides is 1. The number of rotatable bonds is 6. The van der Waals surface area contributed by atoms with Gasteiger partial charge in [0.1, 0.15) is 6.33 Å². The molecule has 8 nitrogen and oxygen atoms in total. The lowest BCUT2D eigenvalue weighted by Gasteiger charge is -2.10. The van der Waals surface area contributed by atoms with Gasteiger partial charge in [0.2, 0.25) is 5.91 Å². The Labute approximate surface area is 179 Å². The first-order chi connectivity index (χ1) is 14.8. The van der Waals surface area contributed by atoms with Gasteiger partial charge in [-0.25, -0.2) is 8.42 Å². The molecule has 0 aliphatic rings. The Morgan fingerprint density at radius 2 is 1.84 bits per heavy atom. The molecule has 0 saturated heterocycles. The van der Waals surface area contributed by atoms with Gasteiger partial charge >= 0.3 is 0 Å². The maximum Gasteiger partial charge on any atom is 0.228 e. The van der Waals surface area contributed by atoms with Crippen LogP contribution < -0.4 is 5.32 Å². The van der Waals surface area contributed by atoms with Crippen LogP contribution >= 0.6 is 0 Å². The summed E-state index contributed by atoms with van der Waals surface area (Å²) in [7, 11) is -3.33. The molecular formula is C22H21N5O3S. The minimum atomic E-state index is -3.33. The summed E-state index contributed by atoms with van der Waals surface area (Å²) in [6.07, 6.45) is 1.67. The maximum atomic E-state index is 12.5. The second-order valence-electron chi connectivity index (χ2n) is 7.40. The van der Waals surface area contributed by atoms with E-state index in [1.54, 1.807) is 48.7 Å². The minimum Gasteiger partial charge on any atom is -0.326 e. The van der Waals surface area contributed by atoms with Gasteiger partial charge in [-0.1, -0.05) is 24.3 Å². The average molecular weight is 436 g/mol. The third kappa shape index (κ3) is 4.46. The predicted octanol–water partition coefficient (Wildman–Crippen LogP) is 3.15. The number of hydrogen-bond acceptors (Lipinski definition) is 6. The Morgan fingerprint density at radius 1 is 1.06 bits per heavy atom. The summed E-state index contributed by atoms with van der Waals surface area (Å²) in [5.41, 5.74) is 3.60. The van der Waals surface area contributed by atoms with Crippen molar-refractivity contribution in [3.63, 3.8) is 0 Å². The van der Waals surface area contributed by atoms with Crippen LogP contribution in [0.3, 0.4) is 0 Å². The lowest BCUT2D eigenvalue weighted by atomic mass is 10.1. The van der Waals surface area contributed by atoms with E-state index in [9.17, 15) is 13.2 Å². The molecule has 0 aliphatic carbocycles. The Kier molecular flexibility index (Phi) is 5.51. The molecule has 2 aromatic heterocycles. The van der Waals surface area contributed by atoms with Crippen LogP contribution in [0.2, 0.25) is 0 Å². The van der Waals surface area contributed by atoms with E-state index in [4.69, 9.17) is 0 Å². The highest BCUT2D eigenvalue weighted by atomic mass is 32.2. The molecule has 4 rings (SSSR count). The Balaban J connectivity index is 1.46. The Bertz CT molecular complexity index is 1350. The first-order valence-electron chi connectivity index (χ1n) is 9.73. The smallest absolute Gasteiger partial charge is 0.228 e. The largest absolute Gasteiger partial charge is 0.326 e. The van der Waals surface area contributed by atoms with Gasteiger partial charge in [0.25, 0.3) is 0 Å². The lowest BCUT2D eigenvalue weighted by molar-refractivity contribution is -0.115. The predicted molar refractivity (Wildman–Crippen MR) is 117 cm³/mol. The van der Waals surface area contributed by atoms with Gasteiger partial charge in [-0.2, -0.15) is 9.61 Å². The van der Waals surface area contributed by atoms with Crippen molar-refractivity contribution in [3.8, 4) is 11.3 Å². The van der Waals surface area contributed by atoms with Crippen LogP contribution in [0.25, 0.3) is 16.9 Å². The highest BCUT2D eigenvalue weighted by Gasteiger charge is 2.18. The summed E-state index contributed by atoms with van der Waals surface area (Å²) < 4.78 is 26.0. The topological polar surface area (TPSA) is 106 Å². The van der Waals surface area contributed by atoms with E-state index in [0.29, 0.717) is 11.3 Å². The fourth-order valence-corrected chi connectivity index (χ4v) is 4.16. The third-order valence-electron chi connectivity index (χ3n) is 4.84. The number of benzene rings is 2. The van der Waals surface area contributed by atoms with E-state index < -0.39 is 15.1 Å². The van der Waals surface area contributed by atoms with Gasteiger partial charge in [0.05, 0.1) is 22.3 Å². The lowest BCUT2D eigenvalue weighted by Crippen LogP contribution is -2.15. The summed E-state index contributed by atoms with van der Waals surface area (Å²) in [6, 6.07) is 17.5. The molecular weight excluding hydrogens is 414 g/mol. The van der Waals surface area contributed by atoms with Crippen molar-refractivity contribution in [1.82, 2.24) is 19.8 Å². The molecule has 2 aromatic carbocycles. The van der Waals surface area contributed by atoms with Crippen molar-refractivity contribution in [1.29, 1.82) is 0 Å². The number of anilines is 1. The van der Waals surface area contributed by atoms with E-state index in [0.717, 1.165) is 16.8 Å². The highest BCUT2D eigenvalue weighted by molar-refractivity contribution is 7.92. The van der Waals surface area contributed by atoms with E-state index >= 15 is 0 Å². The summed E-state index contributed by atoms with van der Waals surface area (Å²) in [4.78, 5) is 12.8. The van der Waals surface area contributed by atoms with E-state index in [1.165, 1.54) is 6.33 Å². The number of sulfone groups is 1. The fraction of sp³-hybridized carbons (Fsp3) is 0.182. The molecule has 31 heavy (non-hydrogen) atoms. The first-order valence-corrected chi connectivity index (χ1v) is 11.3. The first kappa shape index (κ1) is 20.7. The fourth-order valence-electron chi connectivity index (χ4n) is 3.10. The van der Waals surface area contributed by atoms with E-state index in [2.05, 4.69) is 20.6 Å². The molecule has 0 atom stereocenters. The molecule has 9 heteroatoms. The number of hydrogen-bond donors (Lipinski definition) is 1. The molecule has 0 fully saturated rings. The number of carbonyl (C=O) groups excluding carboxylic acids is 1. The van der Waals surface area contributed by atoms with Crippen LogP contribution in [0.15, 0.2) is 71.9 Å². The standard InChI is InChI=1S/C22H21N5O3S/c1-15(2)31(29,30)19-8-6-16(7-9-19)12-22(28)24-18-5-3-4-17(13-18)20-10-11-21-25-23-14-27(21)26-20/h3-11,13-15H,12H2,1-2H3,(H,24,28). The second kappa shape index (κ2) is 8.27. The van der Waals surface area contributed by atoms with Crippen LogP contribution in [0.5, 0.6) is 0 Å². The zero-order valence-electron chi connectivity index (χ0n) is 17.1. The summed E-state index contributed by atoms with van der Waals surface area (Å²) in [5, 5.41) is 14.6. The van der Waals surface area contributed by atoms with E-state index in [1.807, 2.05) is 30.3 Å². The molecule has 0 saturated carbocycles. The van der Waals surface area contributed by atoms with Crippen LogP contribution in [-0.4, -0.2) is 39.4 Å². The molecule has 158 valence electrons. The van der Waals surface area contributed by atoms with Crippen molar-refractivity contribution in [3.05, 3.63) is 72.6 Å². The van der Waals surface area contributed by atoms with Crippen molar-refractivity contribution in [2.75, 3.05) is 5.32 Å². The second-order valence-corrected chi connectivity index (χ2v) is 9.90. The van der Waals surface area contributed by atoms with Gasteiger partial charge in [0.15, 0.2) is 15.5 Å². The highest BCUT2D eigenvalue weighted by Crippen LogP contribution is 2.21.